The summed E-state index contributed by atoms with van der Waals surface area (Å²) in [4.78, 5) is 0. The van der Waals surface area contributed by atoms with Crippen molar-refractivity contribution >= 4 is 0 Å². The van der Waals surface area contributed by atoms with Crippen LogP contribution < -0.4 is 10.6 Å². The van der Waals surface area contributed by atoms with Crippen LogP contribution in [-0.2, 0) is 0 Å². The Bertz CT molecular complexity index is 87.8. The second-order valence-corrected chi connectivity index (χ2v) is 3.13. The Morgan fingerprint density at radius 2 is 2.00 bits per heavy atom. The van der Waals surface area contributed by atoms with Gasteiger partial charge in [0.05, 0.1) is 0 Å². The summed E-state index contributed by atoms with van der Waals surface area (Å²) in [5, 5.41) is 6.78. The molecule has 0 aromatic heterocycles. The highest BCUT2D eigenvalue weighted by Gasteiger charge is 2.16. The molecule has 2 nitrogen and oxygen atoms in total. The Kier molecular flexibility index (Phi) is 7.51. The lowest BCUT2D eigenvalue weighted by Gasteiger charge is -2.28. The van der Waals surface area contributed by atoms with E-state index in [1.54, 1.807) is 0 Å². The summed E-state index contributed by atoms with van der Waals surface area (Å²) < 4.78 is 0. The molecule has 0 radical (unpaired) electrons. The predicted molar refractivity (Wildman–Crippen MR) is 55.5 cm³/mol. The molecule has 0 bridgehead atoms. The first kappa shape index (κ1) is 11.9. The summed E-state index contributed by atoms with van der Waals surface area (Å²) in [6, 6.07) is 1.33. The van der Waals surface area contributed by atoms with E-state index in [0.717, 1.165) is 0 Å². The van der Waals surface area contributed by atoms with E-state index in [0.29, 0.717) is 12.1 Å². The average molecular weight is 172 g/mol. The Balaban J connectivity index is 0.000000561. The van der Waals surface area contributed by atoms with Crippen molar-refractivity contribution in [3.8, 4) is 0 Å². The van der Waals surface area contributed by atoms with Gasteiger partial charge in [-0.3, -0.25) is 0 Å². The zero-order valence-electron chi connectivity index (χ0n) is 8.98. The molecule has 1 aliphatic heterocycles. The molecule has 1 rings (SSSR count). The number of nitrogens with one attached hydrogen (secondary N) is 2. The maximum Gasteiger partial charge on any atom is 0.0218 e. The summed E-state index contributed by atoms with van der Waals surface area (Å²) in [5.41, 5.74) is 0. The van der Waals surface area contributed by atoms with E-state index in [-0.39, 0.29) is 0 Å². The average Bonchev–Trinajstić information content (AvgIpc) is 2.21. The summed E-state index contributed by atoms with van der Waals surface area (Å²) >= 11 is 0. The van der Waals surface area contributed by atoms with Crippen LogP contribution in [0.5, 0.6) is 0 Å². The third-order valence-corrected chi connectivity index (χ3v) is 2.41. The summed E-state index contributed by atoms with van der Waals surface area (Å²) in [5.74, 6) is 0. The third-order valence-electron chi connectivity index (χ3n) is 2.41. The van der Waals surface area contributed by atoms with E-state index in [1.807, 2.05) is 20.9 Å². The molecule has 1 aliphatic rings. The SMILES string of the molecule is CC.CNC(C)[C@@H]1CCCCN1. The molecule has 0 amide bonds. The molecule has 0 aliphatic carbocycles. The smallest absolute Gasteiger partial charge is 0.0218 e. The minimum absolute atomic E-state index is 0.625. The van der Waals surface area contributed by atoms with Crippen molar-refractivity contribution in [2.75, 3.05) is 13.6 Å². The molecule has 1 fully saturated rings. The molecule has 2 atom stereocenters. The van der Waals surface area contributed by atoms with Gasteiger partial charge in [-0.25, -0.2) is 0 Å². The van der Waals surface area contributed by atoms with Crippen molar-refractivity contribution in [3.05, 3.63) is 0 Å². The monoisotopic (exact) mass is 172 g/mol. The zero-order valence-corrected chi connectivity index (χ0v) is 8.98. The second-order valence-electron chi connectivity index (χ2n) is 3.13. The molecule has 0 spiro atoms. The van der Waals surface area contributed by atoms with Crippen molar-refractivity contribution in [2.45, 2.75) is 52.1 Å². The lowest BCUT2D eigenvalue weighted by atomic mass is 9.99. The molecule has 1 heterocycles. The van der Waals surface area contributed by atoms with E-state index in [1.165, 1.54) is 25.8 Å². The Hall–Kier alpha value is -0.0800. The molecule has 12 heavy (non-hydrogen) atoms. The standard InChI is InChI=1S/C8H18N2.C2H6/c1-7(9-2)8-5-3-4-6-10-8;1-2/h7-10H,3-6H2,1-2H3;1-2H3/t7?,8-;/m0./s1. The highest BCUT2D eigenvalue weighted by Crippen LogP contribution is 2.09. The Morgan fingerprint density at radius 3 is 2.42 bits per heavy atom. The highest BCUT2D eigenvalue weighted by molar-refractivity contribution is 4.80. The van der Waals surface area contributed by atoms with Crippen LogP contribution in [-0.4, -0.2) is 25.7 Å². The number of rotatable bonds is 2. The van der Waals surface area contributed by atoms with E-state index >= 15 is 0 Å². The van der Waals surface area contributed by atoms with Gasteiger partial charge in [0, 0.05) is 12.1 Å². The number of piperidine rings is 1. The summed E-state index contributed by atoms with van der Waals surface area (Å²) in [7, 11) is 2.03. The van der Waals surface area contributed by atoms with Crippen LogP contribution in [0.4, 0.5) is 0 Å². The Morgan fingerprint density at radius 1 is 1.33 bits per heavy atom. The van der Waals surface area contributed by atoms with Crippen molar-refractivity contribution in [3.63, 3.8) is 0 Å². The predicted octanol–water partition coefficient (Wildman–Crippen LogP) is 1.76. The topological polar surface area (TPSA) is 24.1 Å². The van der Waals surface area contributed by atoms with Crippen LogP contribution in [0.3, 0.4) is 0 Å². The molecule has 0 aromatic rings. The first-order chi connectivity index (χ1) is 5.84. The van der Waals surface area contributed by atoms with Crippen LogP contribution in [0.15, 0.2) is 0 Å². The molecule has 2 heteroatoms. The van der Waals surface area contributed by atoms with Gasteiger partial charge in [0.2, 0.25) is 0 Å². The van der Waals surface area contributed by atoms with Crippen LogP contribution in [0.1, 0.15) is 40.0 Å². The number of hydrogen-bond donors (Lipinski definition) is 2. The third kappa shape index (κ3) is 4.07. The van der Waals surface area contributed by atoms with Crippen LogP contribution in [0.2, 0.25) is 0 Å². The Labute approximate surface area is 77.1 Å². The van der Waals surface area contributed by atoms with Gasteiger partial charge >= 0.3 is 0 Å². The molecule has 2 N–H and O–H groups in total. The largest absolute Gasteiger partial charge is 0.316 e. The van der Waals surface area contributed by atoms with E-state index in [2.05, 4.69) is 17.6 Å². The van der Waals surface area contributed by atoms with Gasteiger partial charge in [0.1, 0.15) is 0 Å². The lowest BCUT2D eigenvalue weighted by molar-refractivity contribution is 0.336. The van der Waals surface area contributed by atoms with Gasteiger partial charge < -0.3 is 10.6 Å². The van der Waals surface area contributed by atoms with Crippen molar-refractivity contribution in [2.24, 2.45) is 0 Å². The fourth-order valence-corrected chi connectivity index (χ4v) is 1.51. The van der Waals surface area contributed by atoms with E-state index in [4.69, 9.17) is 0 Å². The molecule has 1 unspecified atom stereocenters. The first-order valence-electron chi connectivity index (χ1n) is 5.25. The van der Waals surface area contributed by atoms with Gasteiger partial charge in [-0.2, -0.15) is 0 Å². The van der Waals surface area contributed by atoms with Gasteiger partial charge in [-0.1, -0.05) is 20.3 Å². The van der Waals surface area contributed by atoms with Crippen LogP contribution in [0, 0.1) is 0 Å². The van der Waals surface area contributed by atoms with Gasteiger partial charge in [-0.05, 0) is 33.4 Å². The second kappa shape index (κ2) is 7.56. The van der Waals surface area contributed by atoms with Crippen LogP contribution in [0.25, 0.3) is 0 Å². The van der Waals surface area contributed by atoms with Gasteiger partial charge in [0.25, 0.3) is 0 Å². The van der Waals surface area contributed by atoms with Gasteiger partial charge in [-0.15, -0.1) is 0 Å². The number of likely N-dealkylation sites (N-methyl/N-ethyl adjacent to an activating group) is 1. The minimum atomic E-state index is 0.625. The van der Waals surface area contributed by atoms with Crippen molar-refractivity contribution in [1.29, 1.82) is 0 Å². The normalized spacial score (nSPS) is 25.5. The quantitative estimate of drug-likeness (QED) is 0.663. The van der Waals surface area contributed by atoms with E-state index in [9.17, 15) is 0 Å². The molecule has 74 valence electrons. The fourth-order valence-electron chi connectivity index (χ4n) is 1.51. The van der Waals surface area contributed by atoms with Crippen molar-refractivity contribution < 1.29 is 0 Å². The maximum absolute atomic E-state index is 3.51. The summed E-state index contributed by atoms with van der Waals surface area (Å²) in [6.07, 6.45) is 4.08. The maximum atomic E-state index is 3.51. The molecule has 0 aromatic carbocycles. The molecule has 1 saturated heterocycles. The molecule has 0 saturated carbocycles. The van der Waals surface area contributed by atoms with E-state index < -0.39 is 0 Å². The van der Waals surface area contributed by atoms with Crippen molar-refractivity contribution in [1.82, 2.24) is 10.6 Å². The number of hydrogen-bond acceptors (Lipinski definition) is 2. The van der Waals surface area contributed by atoms with Crippen LogP contribution >= 0.6 is 0 Å². The summed E-state index contributed by atoms with van der Waals surface area (Å²) in [6.45, 7) is 7.44. The minimum Gasteiger partial charge on any atom is -0.316 e. The molecular weight excluding hydrogens is 148 g/mol. The first-order valence-corrected chi connectivity index (χ1v) is 5.25. The zero-order chi connectivity index (χ0) is 9.40. The fraction of sp³-hybridized carbons (Fsp3) is 1.00. The highest BCUT2D eigenvalue weighted by atomic mass is 15.0. The molecular formula is C10H24N2. The van der Waals surface area contributed by atoms with Gasteiger partial charge in [0.15, 0.2) is 0 Å². The lowest BCUT2D eigenvalue weighted by Crippen LogP contribution is -2.47.